The Morgan fingerprint density at radius 2 is 1.55 bits per heavy atom. The number of rotatable bonds is 8. The number of aromatic nitrogens is 1. The van der Waals surface area contributed by atoms with Crippen LogP contribution in [0.1, 0.15) is 45.2 Å². The Morgan fingerprint density at radius 1 is 0.833 bits per heavy atom. The molecule has 0 aliphatic rings. The highest BCUT2D eigenvalue weighted by molar-refractivity contribution is 6.09. The maximum atomic E-state index is 13.2. The van der Waals surface area contributed by atoms with E-state index in [0.29, 0.717) is 33.5 Å². The number of fused-ring (bicyclic) bond motifs is 1. The van der Waals surface area contributed by atoms with Crippen LogP contribution in [0.2, 0.25) is 0 Å². The summed E-state index contributed by atoms with van der Waals surface area (Å²) in [5.74, 6) is -0.618. The molecule has 1 aromatic heterocycles. The number of hydrogen-bond acceptors (Lipinski definition) is 3. The maximum Gasteiger partial charge on any atom is 0.416 e. The van der Waals surface area contributed by atoms with Crippen molar-refractivity contribution in [3.63, 3.8) is 0 Å². The minimum absolute atomic E-state index is 0.0172. The first-order chi connectivity index (χ1) is 20.2. The predicted molar refractivity (Wildman–Crippen MR) is 158 cm³/mol. The third-order valence-corrected chi connectivity index (χ3v) is 6.99. The molecule has 5 rings (SSSR count). The fourth-order valence-electron chi connectivity index (χ4n) is 4.70. The first-order valence-electron chi connectivity index (χ1n) is 13.5. The van der Waals surface area contributed by atoms with Crippen molar-refractivity contribution < 1.29 is 22.8 Å². The first-order valence-corrected chi connectivity index (χ1v) is 13.5. The summed E-state index contributed by atoms with van der Waals surface area (Å²) in [4.78, 5) is 30.5. The van der Waals surface area contributed by atoms with E-state index in [9.17, 15) is 22.8 Å². The zero-order valence-electron chi connectivity index (χ0n) is 22.8. The molecule has 1 atom stereocenters. The lowest BCUT2D eigenvalue weighted by atomic mass is 9.98. The van der Waals surface area contributed by atoms with Crippen LogP contribution in [0, 0.1) is 0 Å². The van der Waals surface area contributed by atoms with Gasteiger partial charge >= 0.3 is 6.18 Å². The summed E-state index contributed by atoms with van der Waals surface area (Å²) in [5, 5.41) is 6.61. The van der Waals surface area contributed by atoms with Gasteiger partial charge in [0, 0.05) is 28.9 Å². The number of nitrogens with zero attached hydrogens (tertiary/aromatic N) is 1. The molecule has 2 N–H and O–H groups in total. The van der Waals surface area contributed by atoms with Crippen molar-refractivity contribution in [2.75, 3.05) is 5.32 Å². The Hall–Kier alpha value is -4.98. The fourth-order valence-corrected chi connectivity index (χ4v) is 4.70. The van der Waals surface area contributed by atoms with E-state index in [1.54, 1.807) is 48.5 Å². The van der Waals surface area contributed by atoms with Gasteiger partial charge in [-0.2, -0.15) is 13.2 Å². The molecule has 1 unspecified atom stereocenters. The molecule has 0 bridgehead atoms. The Bertz CT molecular complexity index is 1720. The monoisotopic (exact) mass is 567 g/mol. The van der Waals surface area contributed by atoms with Gasteiger partial charge in [0.2, 0.25) is 0 Å². The number of halogens is 3. The minimum atomic E-state index is -4.44. The maximum absolute atomic E-state index is 13.2. The lowest BCUT2D eigenvalue weighted by molar-refractivity contribution is -0.137. The number of nitrogens with one attached hydrogen (secondary N) is 2. The number of pyridine rings is 1. The van der Waals surface area contributed by atoms with Crippen LogP contribution in [0.3, 0.4) is 0 Å². The molecule has 0 aliphatic heterocycles. The SMILES string of the molecule is CC(CCc1ccccc1)NC(=O)c1cnc2cc(NC(=O)c3ccccc3-c3ccc(C(F)(F)F)cc3)ccc2c1. The molecule has 5 aromatic rings. The van der Waals surface area contributed by atoms with Crippen LogP contribution >= 0.6 is 0 Å². The average Bonchev–Trinajstić information content (AvgIpc) is 3.00. The van der Waals surface area contributed by atoms with Gasteiger partial charge in [-0.3, -0.25) is 14.6 Å². The molecule has 0 radical (unpaired) electrons. The molecule has 2 amide bonds. The lowest BCUT2D eigenvalue weighted by Gasteiger charge is -2.14. The molecule has 1 heterocycles. The normalized spacial score (nSPS) is 12.1. The highest BCUT2D eigenvalue weighted by Gasteiger charge is 2.30. The van der Waals surface area contributed by atoms with Crippen LogP contribution in [0.25, 0.3) is 22.0 Å². The highest BCUT2D eigenvalue weighted by atomic mass is 19.4. The molecule has 0 spiro atoms. The van der Waals surface area contributed by atoms with Gasteiger partial charge in [-0.25, -0.2) is 0 Å². The van der Waals surface area contributed by atoms with Crippen molar-refractivity contribution >= 4 is 28.4 Å². The summed E-state index contributed by atoms with van der Waals surface area (Å²) in [7, 11) is 0. The average molecular weight is 568 g/mol. The Labute approximate surface area is 241 Å². The van der Waals surface area contributed by atoms with Crippen molar-refractivity contribution in [2.45, 2.75) is 32.0 Å². The second-order valence-corrected chi connectivity index (χ2v) is 10.1. The minimum Gasteiger partial charge on any atom is -0.350 e. The van der Waals surface area contributed by atoms with Gasteiger partial charge in [-0.1, -0.05) is 66.7 Å². The molecule has 212 valence electrons. The van der Waals surface area contributed by atoms with E-state index in [0.717, 1.165) is 30.4 Å². The summed E-state index contributed by atoms with van der Waals surface area (Å²) in [6.07, 6.45) is -1.26. The molecular weight excluding hydrogens is 539 g/mol. The molecule has 4 aromatic carbocycles. The molecule has 0 aliphatic carbocycles. The quantitative estimate of drug-likeness (QED) is 0.200. The Kier molecular flexibility index (Phi) is 8.33. The standard InChI is InChI=1S/C34H28F3N3O2/c1-22(11-12-23-7-3-2-4-8-23)39-32(41)26-19-25-15-18-28(20-31(25)38-21-26)40-33(42)30-10-6-5-9-29(30)24-13-16-27(17-14-24)34(35,36)37/h2-10,13-22H,11-12H2,1H3,(H,39,41)(H,40,42). The van der Waals surface area contributed by atoms with Crippen LogP contribution < -0.4 is 10.6 Å². The van der Waals surface area contributed by atoms with Crippen molar-refractivity contribution in [2.24, 2.45) is 0 Å². The second kappa shape index (κ2) is 12.3. The second-order valence-electron chi connectivity index (χ2n) is 10.1. The molecular formula is C34H28F3N3O2. The summed E-state index contributed by atoms with van der Waals surface area (Å²) in [6.45, 7) is 1.97. The first kappa shape index (κ1) is 28.5. The van der Waals surface area contributed by atoms with E-state index in [-0.39, 0.29) is 11.9 Å². The molecule has 0 saturated carbocycles. The van der Waals surface area contributed by atoms with Gasteiger partial charge in [0.1, 0.15) is 0 Å². The zero-order chi connectivity index (χ0) is 29.7. The molecule has 8 heteroatoms. The smallest absolute Gasteiger partial charge is 0.350 e. The topological polar surface area (TPSA) is 71.1 Å². The molecule has 42 heavy (non-hydrogen) atoms. The summed E-state index contributed by atoms with van der Waals surface area (Å²) in [5.41, 5.74) is 3.32. The van der Waals surface area contributed by atoms with E-state index >= 15 is 0 Å². The van der Waals surface area contributed by atoms with Crippen LogP contribution in [-0.4, -0.2) is 22.8 Å². The number of alkyl halides is 3. The van der Waals surface area contributed by atoms with Crippen LogP contribution in [-0.2, 0) is 12.6 Å². The number of aryl methyl sites for hydroxylation is 1. The molecule has 5 nitrogen and oxygen atoms in total. The number of anilines is 1. The third-order valence-electron chi connectivity index (χ3n) is 6.99. The Balaban J connectivity index is 1.26. The van der Waals surface area contributed by atoms with E-state index in [1.165, 1.54) is 23.9 Å². The number of benzene rings is 4. The van der Waals surface area contributed by atoms with Gasteiger partial charge in [-0.05, 0) is 72.9 Å². The van der Waals surface area contributed by atoms with Gasteiger partial charge in [0.15, 0.2) is 0 Å². The van der Waals surface area contributed by atoms with Crippen molar-refractivity contribution in [3.05, 3.63) is 132 Å². The number of carbonyl (C=O) groups excluding carboxylic acids is 2. The van der Waals surface area contributed by atoms with Gasteiger partial charge in [0.05, 0.1) is 16.6 Å². The van der Waals surface area contributed by atoms with Crippen molar-refractivity contribution in [1.29, 1.82) is 0 Å². The largest absolute Gasteiger partial charge is 0.416 e. The number of hydrogen-bond donors (Lipinski definition) is 2. The predicted octanol–water partition coefficient (Wildman–Crippen LogP) is 7.92. The van der Waals surface area contributed by atoms with Crippen LogP contribution in [0.5, 0.6) is 0 Å². The van der Waals surface area contributed by atoms with E-state index < -0.39 is 17.6 Å². The lowest BCUT2D eigenvalue weighted by Crippen LogP contribution is -2.32. The van der Waals surface area contributed by atoms with E-state index in [1.807, 2.05) is 25.1 Å². The summed E-state index contributed by atoms with van der Waals surface area (Å²) in [6, 6.07) is 28.5. The van der Waals surface area contributed by atoms with E-state index in [2.05, 4.69) is 27.8 Å². The summed E-state index contributed by atoms with van der Waals surface area (Å²) >= 11 is 0. The van der Waals surface area contributed by atoms with Gasteiger partial charge in [-0.15, -0.1) is 0 Å². The highest BCUT2D eigenvalue weighted by Crippen LogP contribution is 2.32. The molecule has 0 saturated heterocycles. The number of amides is 2. The fraction of sp³-hybridized carbons (Fsp3) is 0.147. The Morgan fingerprint density at radius 3 is 2.29 bits per heavy atom. The van der Waals surface area contributed by atoms with Crippen LogP contribution in [0.4, 0.5) is 18.9 Å². The summed E-state index contributed by atoms with van der Waals surface area (Å²) < 4.78 is 39.0. The van der Waals surface area contributed by atoms with Crippen molar-refractivity contribution in [3.8, 4) is 11.1 Å². The third kappa shape index (κ3) is 6.83. The zero-order valence-corrected chi connectivity index (χ0v) is 22.8. The number of carbonyl (C=O) groups is 2. The van der Waals surface area contributed by atoms with E-state index in [4.69, 9.17) is 0 Å². The van der Waals surface area contributed by atoms with Crippen LogP contribution in [0.15, 0.2) is 109 Å². The van der Waals surface area contributed by atoms with Gasteiger partial charge < -0.3 is 10.6 Å². The molecule has 0 fully saturated rings. The van der Waals surface area contributed by atoms with Crippen molar-refractivity contribution in [1.82, 2.24) is 10.3 Å². The van der Waals surface area contributed by atoms with Gasteiger partial charge in [0.25, 0.3) is 11.8 Å².